The highest BCUT2D eigenvalue weighted by atomic mass is 14.8. The first-order valence-corrected chi connectivity index (χ1v) is 9.09. The molecule has 3 nitrogen and oxygen atoms in total. The van der Waals surface area contributed by atoms with E-state index in [0.717, 1.165) is 39.4 Å². The molecule has 0 N–H and O–H groups in total. The molecule has 0 aliphatic carbocycles. The highest BCUT2D eigenvalue weighted by Crippen LogP contribution is 2.35. The lowest BCUT2D eigenvalue weighted by Crippen LogP contribution is -2.09. The molecule has 0 spiro atoms. The molecule has 0 unspecified atom stereocenters. The lowest BCUT2D eigenvalue weighted by atomic mass is 9.87. The van der Waals surface area contributed by atoms with Crippen LogP contribution in [0, 0.1) is 12.0 Å². The third-order valence-corrected chi connectivity index (χ3v) is 4.67. The molecule has 0 bridgehead atoms. The molecular weight excluding hydrogens is 330 g/mol. The van der Waals surface area contributed by atoms with Gasteiger partial charge in [-0.25, -0.2) is 14.8 Å². The summed E-state index contributed by atoms with van der Waals surface area (Å²) in [6.07, 6.45) is 2.62. The lowest BCUT2D eigenvalue weighted by Gasteiger charge is -2.18. The fraction of sp³-hybridized carbons (Fsp3) is 0.208. The van der Waals surface area contributed by atoms with Crippen molar-refractivity contribution in [1.29, 1.82) is 0 Å². The number of hydrogen-bond donors (Lipinski definition) is 0. The minimum atomic E-state index is 0.229. The van der Waals surface area contributed by atoms with Crippen LogP contribution in [0.5, 0.6) is 0 Å². The average Bonchev–Trinajstić information content (AvgIpc) is 2.65. The van der Waals surface area contributed by atoms with Gasteiger partial charge in [0.25, 0.3) is 0 Å². The Labute approximate surface area is 159 Å². The second kappa shape index (κ2) is 6.48. The van der Waals surface area contributed by atoms with Gasteiger partial charge < -0.3 is 0 Å². The van der Waals surface area contributed by atoms with Crippen LogP contribution < -0.4 is 0 Å². The van der Waals surface area contributed by atoms with Crippen LogP contribution in [0.2, 0.25) is 0 Å². The molecule has 27 heavy (non-hydrogen) atoms. The topological polar surface area (TPSA) is 30.1 Å². The van der Waals surface area contributed by atoms with E-state index in [2.05, 4.69) is 59.8 Å². The standard InChI is InChI=1S/C24H21N3/c1-24(2,3)14-16-9-10-20-22(11-16)26-15-27-23(20)18-12-17-7-5-6-8-19(17)21(13-18)25-4/h5-13,15H,14H2,1-3H3. The summed E-state index contributed by atoms with van der Waals surface area (Å²) in [7, 11) is 0. The van der Waals surface area contributed by atoms with E-state index >= 15 is 0 Å². The minimum Gasteiger partial charge on any atom is -0.237 e. The van der Waals surface area contributed by atoms with Crippen molar-refractivity contribution in [1.82, 2.24) is 9.97 Å². The average molecular weight is 351 g/mol. The summed E-state index contributed by atoms with van der Waals surface area (Å²) >= 11 is 0. The van der Waals surface area contributed by atoms with Gasteiger partial charge in [-0.05, 0) is 51.9 Å². The summed E-state index contributed by atoms with van der Waals surface area (Å²) in [6, 6.07) is 18.5. The molecule has 0 aliphatic heterocycles. The molecule has 0 radical (unpaired) electrons. The summed E-state index contributed by atoms with van der Waals surface area (Å²) < 4.78 is 0. The first kappa shape index (κ1) is 17.2. The molecule has 132 valence electrons. The van der Waals surface area contributed by atoms with Gasteiger partial charge in [0.2, 0.25) is 0 Å². The second-order valence-electron chi connectivity index (χ2n) is 8.14. The molecule has 0 fully saturated rings. The summed E-state index contributed by atoms with van der Waals surface area (Å²) in [5, 5.41) is 3.04. The van der Waals surface area contributed by atoms with E-state index in [1.54, 1.807) is 6.33 Å². The van der Waals surface area contributed by atoms with Crippen LogP contribution in [-0.2, 0) is 6.42 Å². The van der Waals surface area contributed by atoms with E-state index < -0.39 is 0 Å². The van der Waals surface area contributed by atoms with Crippen LogP contribution in [0.4, 0.5) is 5.69 Å². The zero-order chi connectivity index (χ0) is 19.0. The van der Waals surface area contributed by atoms with E-state index in [1.165, 1.54) is 5.56 Å². The van der Waals surface area contributed by atoms with Gasteiger partial charge in [0.05, 0.1) is 17.8 Å². The second-order valence-corrected chi connectivity index (χ2v) is 8.14. The number of rotatable bonds is 2. The Morgan fingerprint density at radius 3 is 2.52 bits per heavy atom. The summed E-state index contributed by atoms with van der Waals surface area (Å²) in [6.45, 7) is 14.3. The molecular formula is C24H21N3. The smallest absolute Gasteiger partial charge is 0.195 e. The van der Waals surface area contributed by atoms with Crippen molar-refractivity contribution in [3.63, 3.8) is 0 Å². The molecule has 3 heteroatoms. The van der Waals surface area contributed by atoms with Gasteiger partial charge in [-0.3, -0.25) is 0 Å². The summed E-state index contributed by atoms with van der Waals surface area (Å²) in [4.78, 5) is 12.8. The first-order valence-electron chi connectivity index (χ1n) is 9.09. The van der Waals surface area contributed by atoms with Gasteiger partial charge in [0, 0.05) is 5.39 Å². The predicted molar refractivity (Wildman–Crippen MR) is 112 cm³/mol. The molecule has 0 amide bonds. The first-order chi connectivity index (χ1) is 12.9. The summed E-state index contributed by atoms with van der Waals surface area (Å²) in [5.74, 6) is 0. The quantitative estimate of drug-likeness (QED) is 0.381. The number of hydrogen-bond acceptors (Lipinski definition) is 2. The monoisotopic (exact) mass is 351 g/mol. The van der Waals surface area contributed by atoms with Crippen LogP contribution in [0.15, 0.2) is 60.9 Å². The Bertz CT molecular complexity index is 1190. The Balaban J connectivity index is 1.89. The maximum Gasteiger partial charge on any atom is 0.195 e. The van der Waals surface area contributed by atoms with Crippen LogP contribution in [-0.4, -0.2) is 9.97 Å². The zero-order valence-corrected chi connectivity index (χ0v) is 15.8. The fourth-order valence-corrected chi connectivity index (χ4v) is 3.57. The van der Waals surface area contributed by atoms with E-state index in [9.17, 15) is 0 Å². The van der Waals surface area contributed by atoms with Crippen molar-refractivity contribution in [3.05, 3.63) is 77.9 Å². The SMILES string of the molecule is [C-]#[N+]c1cc(-c2ncnc3cc(CC(C)(C)C)ccc23)cc2ccccc12. The maximum absolute atomic E-state index is 7.55. The van der Waals surface area contributed by atoms with Gasteiger partial charge in [0.1, 0.15) is 6.33 Å². The normalized spacial score (nSPS) is 11.6. The van der Waals surface area contributed by atoms with E-state index in [1.807, 2.05) is 30.3 Å². The molecule has 1 aromatic heterocycles. The molecule has 1 heterocycles. The van der Waals surface area contributed by atoms with E-state index in [-0.39, 0.29) is 5.41 Å². The Kier molecular flexibility index (Phi) is 4.12. The molecule has 3 aromatic carbocycles. The van der Waals surface area contributed by atoms with Crippen molar-refractivity contribution in [3.8, 4) is 11.3 Å². The minimum absolute atomic E-state index is 0.229. The van der Waals surface area contributed by atoms with Crippen molar-refractivity contribution < 1.29 is 0 Å². The van der Waals surface area contributed by atoms with Crippen LogP contribution in [0.25, 0.3) is 37.8 Å². The highest BCUT2D eigenvalue weighted by molar-refractivity contribution is 6.01. The number of aromatic nitrogens is 2. The molecule has 0 atom stereocenters. The maximum atomic E-state index is 7.55. The Hall–Kier alpha value is -3.25. The lowest BCUT2D eigenvalue weighted by molar-refractivity contribution is 0.411. The number of benzene rings is 3. The van der Waals surface area contributed by atoms with E-state index in [0.29, 0.717) is 5.69 Å². The Morgan fingerprint density at radius 2 is 1.74 bits per heavy atom. The van der Waals surface area contributed by atoms with Gasteiger partial charge >= 0.3 is 0 Å². The zero-order valence-electron chi connectivity index (χ0n) is 15.8. The fourth-order valence-electron chi connectivity index (χ4n) is 3.57. The summed E-state index contributed by atoms with van der Waals surface area (Å²) in [5.41, 5.74) is 4.93. The Morgan fingerprint density at radius 1 is 0.926 bits per heavy atom. The molecule has 0 saturated heterocycles. The molecule has 4 rings (SSSR count). The van der Waals surface area contributed by atoms with Crippen LogP contribution in [0.1, 0.15) is 26.3 Å². The highest BCUT2D eigenvalue weighted by Gasteiger charge is 2.14. The van der Waals surface area contributed by atoms with Crippen LogP contribution >= 0.6 is 0 Å². The van der Waals surface area contributed by atoms with Gasteiger partial charge in [-0.15, -0.1) is 0 Å². The molecule has 4 aromatic rings. The van der Waals surface area contributed by atoms with Crippen molar-refractivity contribution >= 4 is 27.4 Å². The molecule has 0 aliphatic rings. The van der Waals surface area contributed by atoms with Gasteiger partial charge in [-0.2, -0.15) is 0 Å². The number of nitrogens with zero attached hydrogens (tertiary/aromatic N) is 3. The van der Waals surface area contributed by atoms with Crippen molar-refractivity contribution in [2.45, 2.75) is 27.2 Å². The van der Waals surface area contributed by atoms with Gasteiger partial charge in [0.15, 0.2) is 5.69 Å². The van der Waals surface area contributed by atoms with Crippen molar-refractivity contribution in [2.24, 2.45) is 5.41 Å². The predicted octanol–water partition coefficient (Wildman–Crippen LogP) is 6.59. The third kappa shape index (κ3) is 3.39. The van der Waals surface area contributed by atoms with Crippen LogP contribution in [0.3, 0.4) is 0 Å². The third-order valence-electron chi connectivity index (χ3n) is 4.67. The number of fused-ring (bicyclic) bond motifs is 2. The largest absolute Gasteiger partial charge is 0.237 e. The van der Waals surface area contributed by atoms with E-state index in [4.69, 9.17) is 6.57 Å². The van der Waals surface area contributed by atoms with Crippen molar-refractivity contribution in [2.75, 3.05) is 0 Å². The van der Waals surface area contributed by atoms with Gasteiger partial charge in [-0.1, -0.05) is 57.2 Å². The molecule has 0 saturated carbocycles.